The molecule has 7 heteroatoms. The third kappa shape index (κ3) is 8.64. The van der Waals surface area contributed by atoms with E-state index in [4.69, 9.17) is 4.74 Å². The molecule has 1 aromatic carbocycles. The molecule has 1 N–H and O–H groups in total. The third-order valence-corrected chi connectivity index (χ3v) is 6.51. The highest BCUT2D eigenvalue weighted by atomic mass is 32.2. The van der Waals surface area contributed by atoms with Crippen molar-refractivity contribution in [3.8, 4) is 0 Å². The lowest BCUT2D eigenvalue weighted by Gasteiger charge is -2.33. The van der Waals surface area contributed by atoms with E-state index in [1.807, 2.05) is 49.9 Å². The number of likely N-dealkylation sites (tertiary alicyclic amines) is 1. The monoisotopic (exact) mass is 426 g/mol. The zero-order valence-electron chi connectivity index (χ0n) is 18.2. The standard InChI is InChI=1S/C22H36N2O4S.H2/c1-5-29(26,27)23-20-12-10-18(11-13-20)8-6-7-9-19-14-16-24(17-15-19)21(25)28-22(2,3)4;/h10-13,19,23H,5-9,14-17H2,1-4H3;1H. The van der Waals surface area contributed by atoms with Crippen LogP contribution >= 0.6 is 0 Å². The van der Waals surface area contributed by atoms with Gasteiger partial charge < -0.3 is 9.64 Å². The van der Waals surface area contributed by atoms with Crippen LogP contribution in [0.15, 0.2) is 24.3 Å². The summed E-state index contributed by atoms with van der Waals surface area (Å²) in [6, 6.07) is 7.64. The van der Waals surface area contributed by atoms with Crippen molar-refractivity contribution < 1.29 is 19.4 Å². The molecule has 6 nitrogen and oxygen atoms in total. The van der Waals surface area contributed by atoms with E-state index >= 15 is 0 Å². The summed E-state index contributed by atoms with van der Waals surface area (Å²) in [4.78, 5) is 14.0. The third-order valence-electron chi connectivity index (χ3n) is 5.20. The fourth-order valence-electron chi connectivity index (χ4n) is 3.48. The summed E-state index contributed by atoms with van der Waals surface area (Å²) in [6.45, 7) is 8.89. The molecule has 166 valence electrons. The maximum atomic E-state index is 12.1. The first-order valence-electron chi connectivity index (χ1n) is 10.7. The molecular formula is C22H38N2O4S. The average Bonchev–Trinajstić information content (AvgIpc) is 2.65. The normalized spacial score (nSPS) is 15.9. The zero-order valence-corrected chi connectivity index (χ0v) is 19.1. The second-order valence-corrected chi connectivity index (χ2v) is 10.9. The van der Waals surface area contributed by atoms with Gasteiger partial charge in [0.1, 0.15) is 5.60 Å². The van der Waals surface area contributed by atoms with Crippen LogP contribution in [0.1, 0.15) is 66.8 Å². The first-order chi connectivity index (χ1) is 13.6. The molecule has 1 saturated heterocycles. The number of rotatable bonds is 8. The van der Waals surface area contributed by atoms with Gasteiger partial charge in [-0.15, -0.1) is 0 Å². The van der Waals surface area contributed by atoms with Crippen molar-refractivity contribution in [2.24, 2.45) is 5.92 Å². The Labute approximate surface area is 177 Å². The van der Waals surface area contributed by atoms with Crippen LogP contribution in [0.3, 0.4) is 0 Å². The topological polar surface area (TPSA) is 75.7 Å². The van der Waals surface area contributed by atoms with Crippen LogP contribution in [-0.2, 0) is 21.2 Å². The molecule has 0 atom stereocenters. The molecular weight excluding hydrogens is 388 g/mol. The molecule has 0 aliphatic carbocycles. The van der Waals surface area contributed by atoms with E-state index in [1.165, 1.54) is 18.4 Å². The second kappa shape index (κ2) is 10.3. The Balaban J connectivity index is 0.00000450. The SMILES string of the molecule is CCS(=O)(=O)Nc1ccc(CCCCC2CCN(C(=O)OC(C)(C)C)CC2)cc1.[HH]. The number of amides is 1. The molecule has 0 radical (unpaired) electrons. The maximum absolute atomic E-state index is 12.1. The van der Waals surface area contributed by atoms with E-state index in [0.717, 1.165) is 38.8 Å². The van der Waals surface area contributed by atoms with Gasteiger partial charge in [-0.3, -0.25) is 4.72 Å². The smallest absolute Gasteiger partial charge is 0.410 e. The lowest BCUT2D eigenvalue weighted by Crippen LogP contribution is -2.41. The number of carbonyl (C=O) groups excluding carboxylic acids is 1. The highest BCUT2D eigenvalue weighted by Gasteiger charge is 2.26. The van der Waals surface area contributed by atoms with Crippen LogP contribution in [0, 0.1) is 5.92 Å². The van der Waals surface area contributed by atoms with Crippen molar-refractivity contribution in [1.82, 2.24) is 4.90 Å². The molecule has 1 heterocycles. The molecule has 0 unspecified atom stereocenters. The molecule has 0 bridgehead atoms. The number of benzene rings is 1. The highest BCUT2D eigenvalue weighted by Crippen LogP contribution is 2.24. The van der Waals surface area contributed by atoms with E-state index in [9.17, 15) is 13.2 Å². The number of aryl methyl sites for hydroxylation is 1. The van der Waals surface area contributed by atoms with E-state index in [-0.39, 0.29) is 13.3 Å². The van der Waals surface area contributed by atoms with Crippen molar-refractivity contribution in [3.63, 3.8) is 0 Å². The minimum absolute atomic E-state index is 0. The van der Waals surface area contributed by atoms with Gasteiger partial charge in [0.05, 0.1) is 5.75 Å². The average molecular weight is 427 g/mol. The Morgan fingerprint density at radius 1 is 1.17 bits per heavy atom. The number of ether oxygens (including phenoxy) is 1. The van der Waals surface area contributed by atoms with Crippen LogP contribution in [0.2, 0.25) is 0 Å². The Kier molecular flexibility index (Phi) is 8.37. The molecule has 1 aliphatic heterocycles. The zero-order chi connectivity index (χ0) is 21.5. The largest absolute Gasteiger partial charge is 0.444 e. The Morgan fingerprint density at radius 2 is 1.79 bits per heavy atom. The summed E-state index contributed by atoms with van der Waals surface area (Å²) in [7, 11) is -3.22. The van der Waals surface area contributed by atoms with Gasteiger partial charge in [-0.1, -0.05) is 25.0 Å². The lowest BCUT2D eigenvalue weighted by atomic mass is 9.91. The van der Waals surface area contributed by atoms with E-state index in [1.54, 1.807) is 6.92 Å². The number of nitrogens with zero attached hydrogens (tertiary/aromatic N) is 1. The fourth-order valence-corrected chi connectivity index (χ4v) is 4.12. The predicted molar refractivity (Wildman–Crippen MR) is 120 cm³/mol. The second-order valence-electron chi connectivity index (χ2n) is 8.86. The number of unbranched alkanes of at least 4 members (excludes halogenated alkanes) is 1. The first-order valence-corrected chi connectivity index (χ1v) is 12.3. The first kappa shape index (κ1) is 23.5. The molecule has 0 spiro atoms. The van der Waals surface area contributed by atoms with Crippen LogP contribution < -0.4 is 4.72 Å². The molecule has 1 fully saturated rings. The van der Waals surface area contributed by atoms with Crippen molar-refractivity contribution in [3.05, 3.63) is 29.8 Å². The van der Waals surface area contributed by atoms with Crippen molar-refractivity contribution in [2.75, 3.05) is 23.6 Å². The number of anilines is 1. The van der Waals surface area contributed by atoms with Gasteiger partial charge in [0, 0.05) is 20.2 Å². The van der Waals surface area contributed by atoms with Crippen LogP contribution in [0.5, 0.6) is 0 Å². The quantitative estimate of drug-likeness (QED) is 0.590. The minimum Gasteiger partial charge on any atom is -0.444 e. The van der Waals surface area contributed by atoms with Gasteiger partial charge in [0.2, 0.25) is 10.0 Å². The van der Waals surface area contributed by atoms with Gasteiger partial charge in [0.25, 0.3) is 0 Å². The summed E-state index contributed by atoms with van der Waals surface area (Å²) < 4.78 is 31.2. The molecule has 1 amide bonds. The van der Waals surface area contributed by atoms with Gasteiger partial charge in [-0.2, -0.15) is 0 Å². The number of hydrogen-bond donors (Lipinski definition) is 1. The molecule has 1 aliphatic rings. The Morgan fingerprint density at radius 3 is 2.34 bits per heavy atom. The van der Waals surface area contributed by atoms with Crippen molar-refractivity contribution in [2.45, 2.75) is 71.8 Å². The fraction of sp³-hybridized carbons (Fsp3) is 0.682. The number of carbonyl (C=O) groups is 1. The summed E-state index contributed by atoms with van der Waals surface area (Å²) in [6.07, 6.45) is 6.37. The van der Waals surface area contributed by atoms with Gasteiger partial charge in [0.15, 0.2) is 0 Å². The number of piperidine rings is 1. The summed E-state index contributed by atoms with van der Waals surface area (Å²) in [5, 5.41) is 0. The summed E-state index contributed by atoms with van der Waals surface area (Å²) in [5.74, 6) is 0.755. The van der Waals surface area contributed by atoms with E-state index in [2.05, 4.69) is 4.72 Å². The van der Waals surface area contributed by atoms with Crippen molar-refractivity contribution in [1.29, 1.82) is 0 Å². The van der Waals surface area contributed by atoms with Crippen LogP contribution in [-0.4, -0.2) is 43.9 Å². The molecule has 0 saturated carbocycles. The van der Waals surface area contributed by atoms with Gasteiger partial charge in [-0.25, -0.2) is 13.2 Å². The van der Waals surface area contributed by atoms with Crippen molar-refractivity contribution >= 4 is 21.8 Å². The number of hydrogen-bond acceptors (Lipinski definition) is 4. The Bertz CT molecular complexity index is 752. The molecule has 0 aromatic heterocycles. The molecule has 2 rings (SSSR count). The van der Waals surface area contributed by atoms with Gasteiger partial charge in [-0.05, 0) is 77.0 Å². The maximum Gasteiger partial charge on any atom is 0.410 e. The Hall–Kier alpha value is -1.76. The molecule has 29 heavy (non-hydrogen) atoms. The summed E-state index contributed by atoms with van der Waals surface area (Å²) in [5.41, 5.74) is 1.41. The molecule has 1 aromatic rings. The van der Waals surface area contributed by atoms with E-state index < -0.39 is 15.6 Å². The number of sulfonamides is 1. The minimum atomic E-state index is -3.22. The predicted octanol–water partition coefficient (Wildman–Crippen LogP) is 5.05. The number of nitrogens with one attached hydrogen (secondary N) is 1. The van der Waals surface area contributed by atoms with Crippen LogP contribution in [0.4, 0.5) is 10.5 Å². The highest BCUT2D eigenvalue weighted by molar-refractivity contribution is 7.92. The van der Waals surface area contributed by atoms with E-state index in [0.29, 0.717) is 11.6 Å². The summed E-state index contributed by atoms with van der Waals surface area (Å²) >= 11 is 0. The van der Waals surface area contributed by atoms with Gasteiger partial charge >= 0.3 is 6.09 Å². The van der Waals surface area contributed by atoms with Crippen LogP contribution in [0.25, 0.3) is 0 Å². The lowest BCUT2D eigenvalue weighted by molar-refractivity contribution is 0.0180.